The number of hydrogen-bond acceptors (Lipinski definition) is 7. The number of amides is 2. The van der Waals surface area contributed by atoms with E-state index in [1.54, 1.807) is 23.1 Å². The molecule has 5 rings (SSSR count). The number of carbonyl (C=O) groups excluding carboxylic acids is 2. The first-order valence-electron chi connectivity index (χ1n) is 12.8. The van der Waals surface area contributed by atoms with Crippen LogP contribution in [0.2, 0.25) is 0 Å². The lowest BCUT2D eigenvalue weighted by atomic mass is 10.1. The van der Waals surface area contributed by atoms with Crippen molar-refractivity contribution in [2.45, 2.75) is 44.2 Å². The van der Waals surface area contributed by atoms with Gasteiger partial charge in [-0.1, -0.05) is 43.2 Å². The first kappa shape index (κ1) is 26.3. The summed E-state index contributed by atoms with van der Waals surface area (Å²) in [6.07, 6.45) is 4.75. The minimum Gasteiger partial charge on any atom is -0.495 e. The standard InChI is InChI=1S/C28H30F2N6O3/c1-35-22-16-32-27(34-24(22)36(20-10-6-7-11-20)17-28(29,30)26(35)38)33-21-13-12-19(14-23(21)39-2)25(37)31-15-18-8-4-3-5-9-18/h3-5,8-9,12-14,16,20H,6-7,10-11,15,17H2,1-2H3,(H,31,37)(H,32,33,34). The van der Waals surface area contributed by atoms with Crippen LogP contribution in [0.5, 0.6) is 5.75 Å². The highest BCUT2D eigenvalue weighted by molar-refractivity contribution is 6.02. The molecular formula is C28H30F2N6O3. The third-order valence-electron chi connectivity index (χ3n) is 7.14. The van der Waals surface area contributed by atoms with Crippen LogP contribution in [-0.2, 0) is 11.3 Å². The second-order valence-corrected chi connectivity index (χ2v) is 9.75. The Hall–Kier alpha value is -4.28. The van der Waals surface area contributed by atoms with E-state index in [0.717, 1.165) is 36.1 Å². The number of methoxy groups -OCH3 is 1. The molecule has 1 fully saturated rings. The van der Waals surface area contributed by atoms with Gasteiger partial charge in [0.05, 0.1) is 25.5 Å². The third kappa shape index (κ3) is 5.47. The SMILES string of the molecule is COc1cc(C(=O)NCc2ccccc2)ccc1Nc1ncc2c(n1)N(C1CCCC1)CC(F)(F)C(=O)N2C. The van der Waals surface area contributed by atoms with Crippen LogP contribution in [0.3, 0.4) is 0 Å². The van der Waals surface area contributed by atoms with Crippen molar-refractivity contribution in [1.82, 2.24) is 15.3 Å². The molecule has 2 amide bonds. The van der Waals surface area contributed by atoms with E-state index >= 15 is 0 Å². The Kier molecular flexibility index (Phi) is 7.32. The Morgan fingerprint density at radius 1 is 1.15 bits per heavy atom. The van der Waals surface area contributed by atoms with Gasteiger partial charge in [-0.15, -0.1) is 0 Å². The van der Waals surface area contributed by atoms with Gasteiger partial charge in [0.1, 0.15) is 11.4 Å². The summed E-state index contributed by atoms with van der Waals surface area (Å²) in [5, 5.41) is 5.96. The van der Waals surface area contributed by atoms with E-state index in [4.69, 9.17) is 4.74 Å². The van der Waals surface area contributed by atoms with Crippen molar-refractivity contribution >= 4 is 35.0 Å². The Morgan fingerprint density at radius 3 is 2.62 bits per heavy atom. The number of aromatic nitrogens is 2. The number of benzene rings is 2. The first-order valence-corrected chi connectivity index (χ1v) is 12.8. The molecule has 2 aliphatic rings. The molecule has 2 heterocycles. The van der Waals surface area contributed by atoms with Crippen molar-refractivity contribution in [3.05, 3.63) is 65.9 Å². The van der Waals surface area contributed by atoms with E-state index in [9.17, 15) is 18.4 Å². The molecule has 0 bridgehead atoms. The number of rotatable bonds is 7. The van der Waals surface area contributed by atoms with Crippen LogP contribution < -0.4 is 25.2 Å². The van der Waals surface area contributed by atoms with Crippen LogP contribution in [0.4, 0.5) is 31.9 Å². The summed E-state index contributed by atoms with van der Waals surface area (Å²) in [5.74, 6) is -4.27. The monoisotopic (exact) mass is 536 g/mol. The zero-order valence-electron chi connectivity index (χ0n) is 21.8. The van der Waals surface area contributed by atoms with Gasteiger partial charge in [-0.05, 0) is 36.6 Å². The highest BCUT2D eigenvalue weighted by atomic mass is 19.3. The van der Waals surface area contributed by atoms with Crippen LogP contribution in [0.1, 0.15) is 41.6 Å². The fraction of sp³-hybridized carbons (Fsp3) is 0.357. The van der Waals surface area contributed by atoms with Gasteiger partial charge in [0.2, 0.25) is 5.95 Å². The van der Waals surface area contributed by atoms with E-state index in [2.05, 4.69) is 20.6 Å². The van der Waals surface area contributed by atoms with Crippen LogP contribution >= 0.6 is 0 Å². The van der Waals surface area contributed by atoms with E-state index in [1.807, 2.05) is 30.3 Å². The Labute approximate surface area is 225 Å². The predicted octanol–water partition coefficient (Wildman–Crippen LogP) is 4.52. The molecule has 0 atom stereocenters. The zero-order valence-corrected chi connectivity index (χ0v) is 21.8. The molecular weight excluding hydrogens is 506 g/mol. The molecule has 204 valence electrons. The smallest absolute Gasteiger partial charge is 0.342 e. The van der Waals surface area contributed by atoms with Crippen molar-refractivity contribution in [1.29, 1.82) is 0 Å². The van der Waals surface area contributed by atoms with Crippen molar-refractivity contribution in [2.24, 2.45) is 0 Å². The largest absolute Gasteiger partial charge is 0.495 e. The molecule has 0 saturated heterocycles. The lowest BCUT2D eigenvalue weighted by molar-refractivity contribution is -0.140. The number of nitrogens with zero attached hydrogens (tertiary/aromatic N) is 4. The van der Waals surface area contributed by atoms with Crippen molar-refractivity contribution in [2.75, 3.05) is 35.8 Å². The average molecular weight is 537 g/mol. The summed E-state index contributed by atoms with van der Waals surface area (Å²) >= 11 is 0. The molecule has 2 aromatic carbocycles. The van der Waals surface area contributed by atoms with E-state index in [-0.39, 0.29) is 29.4 Å². The summed E-state index contributed by atoms with van der Waals surface area (Å²) in [5.41, 5.74) is 2.11. The summed E-state index contributed by atoms with van der Waals surface area (Å²) in [6, 6.07) is 14.4. The highest BCUT2D eigenvalue weighted by Gasteiger charge is 2.48. The van der Waals surface area contributed by atoms with Gasteiger partial charge in [-0.3, -0.25) is 9.59 Å². The van der Waals surface area contributed by atoms with Gasteiger partial charge >= 0.3 is 5.92 Å². The highest BCUT2D eigenvalue weighted by Crippen LogP contribution is 2.40. The molecule has 3 aromatic rings. The lowest BCUT2D eigenvalue weighted by Gasteiger charge is -2.31. The Balaban J connectivity index is 1.40. The third-order valence-corrected chi connectivity index (χ3v) is 7.14. The minimum absolute atomic E-state index is 0.139. The average Bonchev–Trinajstić information content (AvgIpc) is 3.47. The van der Waals surface area contributed by atoms with E-state index in [0.29, 0.717) is 23.5 Å². The quantitative estimate of drug-likeness (QED) is 0.458. The fourth-order valence-electron chi connectivity index (χ4n) is 5.04. The summed E-state index contributed by atoms with van der Waals surface area (Å²) < 4.78 is 35.2. The molecule has 0 unspecified atom stereocenters. The van der Waals surface area contributed by atoms with Crippen LogP contribution in [-0.4, -0.2) is 54.4 Å². The molecule has 0 radical (unpaired) electrons. The number of carbonyl (C=O) groups is 2. The molecule has 1 aromatic heterocycles. The first-order chi connectivity index (χ1) is 18.8. The van der Waals surface area contributed by atoms with Crippen LogP contribution in [0.15, 0.2) is 54.7 Å². The van der Waals surface area contributed by atoms with Crippen molar-refractivity contribution in [3.63, 3.8) is 0 Å². The molecule has 1 saturated carbocycles. The Morgan fingerprint density at radius 2 is 1.90 bits per heavy atom. The van der Waals surface area contributed by atoms with Gasteiger partial charge in [-0.25, -0.2) is 4.98 Å². The van der Waals surface area contributed by atoms with E-state index < -0.39 is 18.4 Å². The number of alkyl halides is 2. The summed E-state index contributed by atoms with van der Waals surface area (Å²) in [4.78, 5) is 36.6. The van der Waals surface area contributed by atoms with Crippen LogP contribution in [0.25, 0.3) is 0 Å². The fourth-order valence-corrected chi connectivity index (χ4v) is 5.04. The second-order valence-electron chi connectivity index (χ2n) is 9.75. The van der Waals surface area contributed by atoms with Crippen molar-refractivity contribution in [3.8, 4) is 5.75 Å². The van der Waals surface area contributed by atoms with Gasteiger partial charge in [0, 0.05) is 25.2 Å². The molecule has 0 spiro atoms. The molecule has 2 N–H and O–H groups in total. The van der Waals surface area contributed by atoms with Crippen LogP contribution in [0, 0.1) is 0 Å². The van der Waals surface area contributed by atoms with Gasteiger partial charge in [0.15, 0.2) is 5.82 Å². The maximum Gasteiger partial charge on any atom is 0.342 e. The molecule has 9 nitrogen and oxygen atoms in total. The number of hydrogen-bond donors (Lipinski definition) is 2. The normalized spacial score (nSPS) is 17.0. The van der Waals surface area contributed by atoms with Crippen molar-refractivity contribution < 1.29 is 23.1 Å². The molecule has 39 heavy (non-hydrogen) atoms. The van der Waals surface area contributed by atoms with Gasteiger partial charge in [0.25, 0.3) is 11.8 Å². The lowest BCUT2D eigenvalue weighted by Crippen LogP contribution is -2.48. The number of anilines is 4. The molecule has 1 aliphatic carbocycles. The number of ether oxygens (including phenoxy) is 1. The second kappa shape index (κ2) is 10.8. The Bertz CT molecular complexity index is 1360. The summed E-state index contributed by atoms with van der Waals surface area (Å²) in [7, 11) is 2.79. The minimum atomic E-state index is -3.55. The number of fused-ring (bicyclic) bond motifs is 1. The number of halogens is 2. The van der Waals surface area contributed by atoms with Gasteiger partial charge < -0.3 is 25.2 Å². The maximum absolute atomic E-state index is 14.8. The topological polar surface area (TPSA) is 99.7 Å². The molecule has 11 heteroatoms. The maximum atomic E-state index is 14.8. The predicted molar refractivity (Wildman–Crippen MR) is 144 cm³/mol. The number of nitrogens with one attached hydrogen (secondary N) is 2. The summed E-state index contributed by atoms with van der Waals surface area (Å²) in [6.45, 7) is -0.348. The zero-order chi connectivity index (χ0) is 27.6. The van der Waals surface area contributed by atoms with E-state index in [1.165, 1.54) is 20.4 Å². The van der Waals surface area contributed by atoms with Gasteiger partial charge in [-0.2, -0.15) is 13.8 Å². The molecule has 1 aliphatic heterocycles.